The average Bonchev–Trinajstić information content (AvgIpc) is 2.35. The van der Waals surface area contributed by atoms with Crippen LogP contribution in [0, 0.1) is 11.8 Å². The second-order valence-corrected chi connectivity index (χ2v) is 5.89. The lowest BCUT2D eigenvalue weighted by Gasteiger charge is -2.14. The Morgan fingerprint density at radius 3 is 2.40 bits per heavy atom. The third-order valence-electron chi connectivity index (χ3n) is 3.23. The molecular weight excluding hydrogens is 263 g/mol. The van der Waals surface area contributed by atoms with Crippen molar-refractivity contribution < 1.29 is 13.2 Å². The highest BCUT2D eigenvalue weighted by atomic mass is 19.4. The number of rotatable bonds is 7. The topological polar surface area (TPSA) is 12.0 Å². The van der Waals surface area contributed by atoms with Crippen LogP contribution in [0.4, 0.5) is 13.2 Å². The normalized spacial score (nSPS) is 13.8. The molecule has 0 bridgehead atoms. The van der Waals surface area contributed by atoms with Crippen LogP contribution < -0.4 is 5.32 Å². The molecule has 114 valence electrons. The molecule has 0 spiro atoms. The molecule has 1 aromatic rings. The van der Waals surface area contributed by atoms with Crippen molar-refractivity contribution in [2.45, 2.75) is 39.8 Å². The van der Waals surface area contributed by atoms with Crippen molar-refractivity contribution in [3.63, 3.8) is 0 Å². The predicted molar refractivity (Wildman–Crippen MR) is 76.6 cm³/mol. The number of aryl methyl sites for hydroxylation is 1. The Morgan fingerprint density at radius 2 is 1.80 bits per heavy atom. The van der Waals surface area contributed by atoms with Gasteiger partial charge in [0.15, 0.2) is 0 Å². The first kappa shape index (κ1) is 17.0. The SMILES string of the molecule is CC(C)CNCC(C)CCc1cccc(C(F)(F)F)c1. The first-order valence-electron chi connectivity index (χ1n) is 7.16. The fourth-order valence-corrected chi connectivity index (χ4v) is 2.04. The zero-order valence-electron chi connectivity index (χ0n) is 12.4. The molecular formula is C16H24F3N. The van der Waals surface area contributed by atoms with E-state index in [9.17, 15) is 13.2 Å². The molecule has 4 heteroatoms. The van der Waals surface area contributed by atoms with Gasteiger partial charge in [-0.3, -0.25) is 0 Å². The number of benzene rings is 1. The molecule has 1 nitrogen and oxygen atoms in total. The Bertz CT molecular complexity index is 399. The minimum absolute atomic E-state index is 0.461. The van der Waals surface area contributed by atoms with Gasteiger partial charge in [0.1, 0.15) is 0 Å². The fourth-order valence-electron chi connectivity index (χ4n) is 2.04. The van der Waals surface area contributed by atoms with E-state index in [1.165, 1.54) is 12.1 Å². The van der Waals surface area contributed by atoms with E-state index in [0.717, 1.165) is 31.1 Å². The molecule has 0 saturated carbocycles. The lowest BCUT2D eigenvalue weighted by atomic mass is 9.99. The van der Waals surface area contributed by atoms with Crippen LogP contribution >= 0.6 is 0 Å². The molecule has 1 aromatic carbocycles. The van der Waals surface area contributed by atoms with Crippen molar-refractivity contribution in [3.8, 4) is 0 Å². The first-order chi connectivity index (χ1) is 9.29. The summed E-state index contributed by atoms with van der Waals surface area (Å²) in [7, 11) is 0. The molecule has 1 N–H and O–H groups in total. The Morgan fingerprint density at radius 1 is 1.10 bits per heavy atom. The Balaban J connectivity index is 2.41. The second-order valence-electron chi connectivity index (χ2n) is 5.89. The van der Waals surface area contributed by atoms with Crippen LogP contribution in [-0.4, -0.2) is 13.1 Å². The van der Waals surface area contributed by atoms with Gasteiger partial charge in [0.05, 0.1) is 5.56 Å². The smallest absolute Gasteiger partial charge is 0.316 e. The van der Waals surface area contributed by atoms with Crippen LogP contribution in [0.1, 0.15) is 38.3 Å². The summed E-state index contributed by atoms with van der Waals surface area (Å²) >= 11 is 0. The first-order valence-corrected chi connectivity index (χ1v) is 7.16. The fraction of sp³-hybridized carbons (Fsp3) is 0.625. The summed E-state index contributed by atoms with van der Waals surface area (Å²) in [6.07, 6.45) is -2.67. The van der Waals surface area contributed by atoms with Gasteiger partial charge in [0.25, 0.3) is 0 Å². The molecule has 0 amide bonds. The average molecular weight is 287 g/mol. The molecule has 0 radical (unpaired) electrons. The maximum atomic E-state index is 12.6. The van der Waals surface area contributed by atoms with E-state index in [0.29, 0.717) is 18.3 Å². The van der Waals surface area contributed by atoms with E-state index in [1.54, 1.807) is 6.07 Å². The van der Waals surface area contributed by atoms with Gasteiger partial charge in [0, 0.05) is 0 Å². The monoisotopic (exact) mass is 287 g/mol. The molecule has 20 heavy (non-hydrogen) atoms. The molecule has 0 aliphatic carbocycles. The van der Waals surface area contributed by atoms with Gasteiger partial charge in [-0.1, -0.05) is 39.0 Å². The summed E-state index contributed by atoms with van der Waals surface area (Å²) in [6, 6.07) is 5.63. The van der Waals surface area contributed by atoms with Gasteiger partial charge in [-0.15, -0.1) is 0 Å². The molecule has 0 heterocycles. The lowest BCUT2D eigenvalue weighted by molar-refractivity contribution is -0.137. The molecule has 0 aliphatic rings. The summed E-state index contributed by atoms with van der Waals surface area (Å²) in [6.45, 7) is 8.33. The van der Waals surface area contributed by atoms with Crippen LogP contribution in [0.15, 0.2) is 24.3 Å². The Labute approximate surface area is 119 Å². The van der Waals surface area contributed by atoms with Crippen molar-refractivity contribution in [1.82, 2.24) is 5.32 Å². The lowest BCUT2D eigenvalue weighted by Crippen LogP contribution is -2.25. The number of alkyl halides is 3. The van der Waals surface area contributed by atoms with E-state index in [2.05, 4.69) is 26.1 Å². The quantitative estimate of drug-likeness (QED) is 0.777. The van der Waals surface area contributed by atoms with E-state index in [4.69, 9.17) is 0 Å². The highest BCUT2D eigenvalue weighted by molar-refractivity contribution is 5.25. The summed E-state index contributed by atoms with van der Waals surface area (Å²) in [4.78, 5) is 0. The van der Waals surface area contributed by atoms with Crippen LogP contribution in [0.25, 0.3) is 0 Å². The maximum absolute atomic E-state index is 12.6. The maximum Gasteiger partial charge on any atom is 0.416 e. The van der Waals surface area contributed by atoms with Gasteiger partial charge >= 0.3 is 6.18 Å². The molecule has 0 aromatic heterocycles. The third-order valence-corrected chi connectivity index (χ3v) is 3.23. The minimum atomic E-state index is -4.25. The summed E-state index contributed by atoms with van der Waals surface area (Å²) in [5, 5.41) is 3.38. The Hall–Kier alpha value is -1.03. The highest BCUT2D eigenvalue weighted by Crippen LogP contribution is 2.29. The third kappa shape index (κ3) is 6.42. The molecule has 0 aliphatic heterocycles. The molecule has 0 fully saturated rings. The van der Waals surface area contributed by atoms with Crippen molar-refractivity contribution in [1.29, 1.82) is 0 Å². The summed E-state index contributed by atoms with van der Waals surface area (Å²) in [5.41, 5.74) is 0.205. The van der Waals surface area contributed by atoms with Crippen molar-refractivity contribution in [2.75, 3.05) is 13.1 Å². The zero-order valence-corrected chi connectivity index (χ0v) is 12.4. The standard InChI is InChI=1S/C16H24F3N/c1-12(2)10-20-11-13(3)7-8-14-5-4-6-15(9-14)16(17,18)19/h4-6,9,12-13,20H,7-8,10-11H2,1-3H3. The Kier molecular flexibility index (Phi) is 6.53. The van der Waals surface area contributed by atoms with Gasteiger partial charge in [0.2, 0.25) is 0 Å². The van der Waals surface area contributed by atoms with Crippen molar-refractivity contribution in [3.05, 3.63) is 35.4 Å². The van der Waals surface area contributed by atoms with Gasteiger partial charge in [-0.05, 0) is 49.4 Å². The van der Waals surface area contributed by atoms with Crippen LogP contribution in [0.3, 0.4) is 0 Å². The van der Waals surface area contributed by atoms with Crippen molar-refractivity contribution >= 4 is 0 Å². The summed E-state index contributed by atoms with van der Waals surface area (Å²) < 4.78 is 37.8. The number of hydrogen-bond acceptors (Lipinski definition) is 1. The van der Waals surface area contributed by atoms with Gasteiger partial charge < -0.3 is 5.32 Å². The number of nitrogens with one attached hydrogen (secondary N) is 1. The molecule has 1 rings (SSSR count). The minimum Gasteiger partial charge on any atom is -0.316 e. The summed E-state index contributed by atoms with van der Waals surface area (Å²) in [5.74, 6) is 1.08. The van der Waals surface area contributed by atoms with Gasteiger partial charge in [-0.2, -0.15) is 13.2 Å². The molecule has 1 unspecified atom stereocenters. The highest BCUT2D eigenvalue weighted by Gasteiger charge is 2.30. The van der Waals surface area contributed by atoms with E-state index >= 15 is 0 Å². The van der Waals surface area contributed by atoms with Gasteiger partial charge in [-0.25, -0.2) is 0 Å². The molecule has 0 saturated heterocycles. The largest absolute Gasteiger partial charge is 0.416 e. The second kappa shape index (κ2) is 7.67. The van der Waals surface area contributed by atoms with E-state index < -0.39 is 11.7 Å². The van der Waals surface area contributed by atoms with Crippen LogP contribution in [0.5, 0.6) is 0 Å². The number of hydrogen-bond donors (Lipinski definition) is 1. The van der Waals surface area contributed by atoms with Crippen LogP contribution in [0.2, 0.25) is 0 Å². The van der Waals surface area contributed by atoms with Crippen LogP contribution in [-0.2, 0) is 12.6 Å². The zero-order chi connectivity index (χ0) is 15.2. The van der Waals surface area contributed by atoms with E-state index in [1.807, 2.05) is 0 Å². The van der Waals surface area contributed by atoms with Crippen molar-refractivity contribution in [2.24, 2.45) is 11.8 Å². The molecule has 1 atom stereocenters. The van der Waals surface area contributed by atoms with E-state index in [-0.39, 0.29) is 0 Å². The number of halogens is 3. The predicted octanol–water partition coefficient (Wildman–Crippen LogP) is 4.52.